The molecule has 0 aromatic carbocycles. The van der Waals surface area contributed by atoms with Gasteiger partial charge in [-0.15, -0.1) is 0 Å². The van der Waals surface area contributed by atoms with Gasteiger partial charge in [-0.05, 0) is 45.1 Å². The number of carbonyl (C=O) groups is 1. The number of hydrogen-bond acceptors (Lipinski definition) is 5. The normalized spacial score (nSPS) is 25.3. The topological polar surface area (TPSA) is 92.5 Å². The van der Waals surface area contributed by atoms with E-state index in [9.17, 15) is 14.4 Å². The summed E-state index contributed by atoms with van der Waals surface area (Å²) in [4.78, 5) is 47.5. The van der Waals surface area contributed by atoms with E-state index in [-0.39, 0.29) is 11.5 Å². The molecule has 0 spiro atoms. The molecule has 0 bridgehead atoms. The molecule has 4 heterocycles. The van der Waals surface area contributed by atoms with Crippen molar-refractivity contribution in [2.45, 2.75) is 51.1 Å². The van der Waals surface area contributed by atoms with Crippen molar-refractivity contribution in [2.24, 2.45) is 5.92 Å². The predicted molar refractivity (Wildman–Crippen MR) is 106 cm³/mol. The van der Waals surface area contributed by atoms with Crippen molar-refractivity contribution in [1.29, 1.82) is 0 Å². The van der Waals surface area contributed by atoms with Crippen LogP contribution in [-0.4, -0.2) is 75.9 Å². The van der Waals surface area contributed by atoms with Gasteiger partial charge in [0.05, 0.1) is 5.92 Å². The Morgan fingerprint density at radius 2 is 1.71 bits per heavy atom. The van der Waals surface area contributed by atoms with Crippen LogP contribution >= 0.6 is 0 Å². The van der Waals surface area contributed by atoms with Crippen LogP contribution in [0.15, 0.2) is 15.7 Å². The molecule has 28 heavy (non-hydrogen) atoms. The lowest BCUT2D eigenvalue weighted by atomic mass is 9.93. The van der Waals surface area contributed by atoms with Crippen LogP contribution < -0.4 is 11.2 Å². The molecular weight excluding hydrogens is 358 g/mol. The SMILES string of the molecule is O=C([C@@H]1CCCN(C2CCN(Cc3cc(=O)[nH]c(=O)[nH]3)CC2)C1)N1CCCC1. The summed E-state index contributed by atoms with van der Waals surface area (Å²) in [5, 5.41) is 0. The highest BCUT2D eigenvalue weighted by Gasteiger charge is 2.34. The Hall–Kier alpha value is -1.93. The molecule has 1 aromatic rings. The fourth-order valence-electron chi connectivity index (χ4n) is 5.02. The van der Waals surface area contributed by atoms with Crippen LogP contribution in [0.2, 0.25) is 0 Å². The van der Waals surface area contributed by atoms with Crippen LogP contribution in [0.5, 0.6) is 0 Å². The summed E-state index contributed by atoms with van der Waals surface area (Å²) in [6, 6.07) is 2.00. The number of carbonyl (C=O) groups excluding carboxylic acids is 1. The molecule has 0 radical (unpaired) electrons. The number of piperidine rings is 2. The largest absolute Gasteiger partial charge is 0.342 e. The monoisotopic (exact) mass is 389 g/mol. The fourth-order valence-corrected chi connectivity index (χ4v) is 5.02. The van der Waals surface area contributed by atoms with Gasteiger partial charge in [-0.25, -0.2) is 4.79 Å². The molecule has 154 valence electrons. The molecule has 3 aliphatic heterocycles. The maximum absolute atomic E-state index is 12.8. The number of rotatable bonds is 4. The fraction of sp³-hybridized carbons (Fsp3) is 0.750. The first-order valence-electron chi connectivity index (χ1n) is 10.7. The lowest BCUT2D eigenvalue weighted by molar-refractivity contribution is -0.136. The molecule has 2 N–H and O–H groups in total. The number of nitrogens with zero attached hydrogens (tertiary/aromatic N) is 3. The zero-order valence-electron chi connectivity index (χ0n) is 16.5. The van der Waals surface area contributed by atoms with Gasteiger partial charge in [-0.1, -0.05) is 0 Å². The highest BCUT2D eigenvalue weighted by atomic mass is 16.2. The van der Waals surface area contributed by atoms with Crippen molar-refractivity contribution in [3.8, 4) is 0 Å². The number of nitrogens with one attached hydrogen (secondary N) is 2. The number of hydrogen-bond donors (Lipinski definition) is 2. The number of aromatic nitrogens is 2. The van der Waals surface area contributed by atoms with Gasteiger partial charge in [0.15, 0.2) is 0 Å². The van der Waals surface area contributed by atoms with Gasteiger partial charge >= 0.3 is 5.69 Å². The number of likely N-dealkylation sites (tertiary alicyclic amines) is 3. The summed E-state index contributed by atoms with van der Waals surface area (Å²) in [7, 11) is 0. The summed E-state index contributed by atoms with van der Waals surface area (Å²) < 4.78 is 0. The van der Waals surface area contributed by atoms with Crippen LogP contribution in [0.1, 0.15) is 44.2 Å². The summed E-state index contributed by atoms with van der Waals surface area (Å²) in [6.07, 6.45) is 6.58. The molecule has 8 heteroatoms. The van der Waals surface area contributed by atoms with Gasteiger partial charge in [0, 0.05) is 57.1 Å². The van der Waals surface area contributed by atoms with Crippen LogP contribution in [-0.2, 0) is 11.3 Å². The summed E-state index contributed by atoms with van der Waals surface area (Å²) in [6.45, 7) is 6.37. The molecule has 3 saturated heterocycles. The number of amides is 1. The lowest BCUT2D eigenvalue weighted by Gasteiger charge is -2.42. The van der Waals surface area contributed by atoms with E-state index in [1.165, 1.54) is 6.07 Å². The standard InChI is InChI=1S/C20H31N5O3/c26-18-12-16(21-20(28)22-18)14-23-10-5-17(6-11-23)25-9-3-4-15(13-25)19(27)24-7-1-2-8-24/h12,15,17H,1-11,13-14H2,(H2,21,22,26,28)/t15-/m1/s1. The zero-order chi connectivity index (χ0) is 19.5. The summed E-state index contributed by atoms with van der Waals surface area (Å²) in [5.74, 6) is 0.545. The predicted octanol–water partition coefficient (Wildman–Crippen LogP) is 0.362. The van der Waals surface area contributed by atoms with Gasteiger partial charge in [0.25, 0.3) is 5.56 Å². The first-order chi connectivity index (χ1) is 13.6. The summed E-state index contributed by atoms with van der Waals surface area (Å²) in [5.41, 5.74) is -0.128. The first kappa shape index (κ1) is 19.4. The molecule has 0 aliphatic carbocycles. The second-order valence-corrected chi connectivity index (χ2v) is 8.49. The van der Waals surface area contributed by atoms with Crippen molar-refractivity contribution in [1.82, 2.24) is 24.7 Å². The minimum atomic E-state index is -0.445. The molecule has 1 atom stereocenters. The van der Waals surface area contributed by atoms with E-state index in [0.29, 0.717) is 24.2 Å². The second-order valence-electron chi connectivity index (χ2n) is 8.49. The van der Waals surface area contributed by atoms with E-state index in [0.717, 1.165) is 77.8 Å². The molecule has 1 amide bonds. The highest BCUT2D eigenvalue weighted by Crippen LogP contribution is 2.26. The number of aromatic amines is 2. The average Bonchev–Trinajstić information content (AvgIpc) is 3.22. The number of H-pyrrole nitrogens is 2. The van der Waals surface area contributed by atoms with Gasteiger partial charge < -0.3 is 9.88 Å². The Morgan fingerprint density at radius 1 is 0.964 bits per heavy atom. The maximum Gasteiger partial charge on any atom is 0.325 e. The molecule has 8 nitrogen and oxygen atoms in total. The van der Waals surface area contributed by atoms with Crippen LogP contribution in [0, 0.1) is 5.92 Å². The third-order valence-electron chi connectivity index (χ3n) is 6.50. The summed E-state index contributed by atoms with van der Waals surface area (Å²) >= 11 is 0. The Balaban J connectivity index is 1.28. The van der Waals surface area contributed by atoms with Crippen molar-refractivity contribution < 1.29 is 4.79 Å². The second kappa shape index (κ2) is 8.61. The van der Waals surface area contributed by atoms with Gasteiger partial charge in [0.1, 0.15) is 0 Å². The molecule has 0 saturated carbocycles. The third-order valence-corrected chi connectivity index (χ3v) is 6.50. The van der Waals surface area contributed by atoms with E-state index in [4.69, 9.17) is 0 Å². The van der Waals surface area contributed by atoms with Crippen molar-refractivity contribution in [3.63, 3.8) is 0 Å². The van der Waals surface area contributed by atoms with Crippen molar-refractivity contribution >= 4 is 5.91 Å². The van der Waals surface area contributed by atoms with Gasteiger partial charge in [-0.2, -0.15) is 0 Å². The van der Waals surface area contributed by atoms with Crippen molar-refractivity contribution in [3.05, 3.63) is 32.6 Å². The van der Waals surface area contributed by atoms with Gasteiger partial charge in [-0.3, -0.25) is 24.4 Å². The van der Waals surface area contributed by atoms with Crippen LogP contribution in [0.25, 0.3) is 0 Å². The zero-order valence-corrected chi connectivity index (χ0v) is 16.5. The quantitative estimate of drug-likeness (QED) is 0.776. The highest BCUT2D eigenvalue weighted by molar-refractivity contribution is 5.79. The van der Waals surface area contributed by atoms with E-state index >= 15 is 0 Å². The van der Waals surface area contributed by atoms with E-state index in [1.807, 2.05) is 0 Å². The minimum absolute atomic E-state index is 0.172. The molecule has 4 rings (SSSR count). The molecule has 3 fully saturated rings. The Morgan fingerprint density at radius 3 is 2.43 bits per heavy atom. The molecule has 0 unspecified atom stereocenters. The average molecular weight is 390 g/mol. The Kier molecular flexibility index (Phi) is 5.96. The van der Waals surface area contributed by atoms with Crippen LogP contribution in [0.4, 0.5) is 0 Å². The van der Waals surface area contributed by atoms with Gasteiger partial charge in [0.2, 0.25) is 5.91 Å². The van der Waals surface area contributed by atoms with E-state index in [1.54, 1.807) is 0 Å². The van der Waals surface area contributed by atoms with Crippen LogP contribution in [0.3, 0.4) is 0 Å². The molecule has 1 aromatic heterocycles. The third kappa shape index (κ3) is 4.55. The lowest BCUT2D eigenvalue weighted by Crippen LogP contribution is -2.51. The molecular formula is C20H31N5O3. The smallest absolute Gasteiger partial charge is 0.325 e. The maximum atomic E-state index is 12.8. The van der Waals surface area contributed by atoms with E-state index in [2.05, 4.69) is 24.7 Å². The molecule has 3 aliphatic rings. The Labute approximate surface area is 164 Å². The van der Waals surface area contributed by atoms with Crippen molar-refractivity contribution in [2.75, 3.05) is 39.3 Å². The minimum Gasteiger partial charge on any atom is -0.342 e. The van der Waals surface area contributed by atoms with E-state index < -0.39 is 5.69 Å². The first-order valence-corrected chi connectivity index (χ1v) is 10.7. The Bertz CT molecular complexity index is 761.